The average molecular weight is 454 g/mol. The number of carbonyl (C=O) groups is 1. The molecular weight excluding hydrogens is 429 g/mol. The zero-order valence-electron chi connectivity index (χ0n) is 14.2. The number of halogens is 3. The lowest BCUT2D eigenvalue weighted by molar-refractivity contribution is 0.0827. The van der Waals surface area contributed by atoms with Gasteiger partial charge in [0.05, 0.1) is 0 Å². The van der Waals surface area contributed by atoms with Crippen LogP contribution in [0, 0.1) is 0 Å². The molecule has 0 aliphatic rings. The van der Waals surface area contributed by atoms with Crippen LogP contribution in [0.15, 0.2) is 29.3 Å². The lowest BCUT2D eigenvalue weighted by Gasteiger charge is -2.13. The number of carbonyl (C=O) groups excluding carboxylic acids is 1. The minimum atomic E-state index is -2.46. The molecule has 0 fully saturated rings. The van der Waals surface area contributed by atoms with Crippen LogP contribution >= 0.6 is 24.0 Å². The van der Waals surface area contributed by atoms with Crippen molar-refractivity contribution in [3.05, 3.63) is 35.4 Å². The van der Waals surface area contributed by atoms with E-state index in [2.05, 4.69) is 15.6 Å². The van der Waals surface area contributed by atoms with Gasteiger partial charge in [-0.1, -0.05) is 12.1 Å². The van der Waals surface area contributed by atoms with E-state index in [9.17, 15) is 13.6 Å². The summed E-state index contributed by atoms with van der Waals surface area (Å²) in [5.74, 6) is 0.319. The molecule has 0 atom stereocenters. The Morgan fingerprint density at radius 3 is 2.58 bits per heavy atom. The summed E-state index contributed by atoms with van der Waals surface area (Å²) in [5.41, 5.74) is 1.63. The standard InChI is InChI=1S/C16H24F2N4O.HI/c1-4-19-16(21-11-14(17)18)20-9-8-12-6-5-7-13(10-12)15(23)22(2)3;/h5-7,10,14H,4,8-9,11H2,1-3H3,(H2,19,20,21);1H. The average Bonchev–Trinajstić information content (AvgIpc) is 2.52. The molecule has 1 aromatic carbocycles. The molecule has 0 aliphatic heterocycles. The Kier molecular flexibility index (Phi) is 11.3. The lowest BCUT2D eigenvalue weighted by Crippen LogP contribution is -2.38. The maximum absolute atomic E-state index is 12.2. The third kappa shape index (κ3) is 8.42. The lowest BCUT2D eigenvalue weighted by atomic mass is 10.1. The van der Waals surface area contributed by atoms with Crippen molar-refractivity contribution in [1.82, 2.24) is 15.5 Å². The van der Waals surface area contributed by atoms with Gasteiger partial charge in [-0.3, -0.25) is 4.79 Å². The Bertz CT molecular complexity index is 539. The monoisotopic (exact) mass is 454 g/mol. The molecule has 0 radical (unpaired) electrons. The quantitative estimate of drug-likeness (QED) is 0.378. The molecule has 1 aromatic rings. The summed E-state index contributed by atoms with van der Waals surface area (Å²) >= 11 is 0. The van der Waals surface area contributed by atoms with Crippen LogP contribution < -0.4 is 10.6 Å². The predicted octanol–water partition coefficient (Wildman–Crippen LogP) is 2.37. The van der Waals surface area contributed by atoms with Crippen molar-refractivity contribution in [1.29, 1.82) is 0 Å². The molecule has 0 aromatic heterocycles. The molecule has 24 heavy (non-hydrogen) atoms. The number of hydrogen-bond acceptors (Lipinski definition) is 2. The second-order valence-electron chi connectivity index (χ2n) is 5.19. The van der Waals surface area contributed by atoms with Gasteiger partial charge in [0.1, 0.15) is 6.54 Å². The maximum atomic E-state index is 12.2. The maximum Gasteiger partial charge on any atom is 0.257 e. The fourth-order valence-corrected chi connectivity index (χ4v) is 1.95. The summed E-state index contributed by atoms with van der Waals surface area (Å²) in [4.78, 5) is 17.2. The van der Waals surface area contributed by atoms with Crippen LogP contribution in [0.2, 0.25) is 0 Å². The molecule has 0 aliphatic carbocycles. The number of nitrogens with one attached hydrogen (secondary N) is 2. The summed E-state index contributed by atoms with van der Waals surface area (Å²) in [5, 5.41) is 5.92. The smallest absolute Gasteiger partial charge is 0.257 e. The minimum absolute atomic E-state index is 0. The Morgan fingerprint density at radius 1 is 1.29 bits per heavy atom. The van der Waals surface area contributed by atoms with Gasteiger partial charge in [0, 0.05) is 32.7 Å². The molecule has 8 heteroatoms. The van der Waals surface area contributed by atoms with Crippen LogP contribution in [0.1, 0.15) is 22.8 Å². The van der Waals surface area contributed by atoms with Crippen molar-refractivity contribution in [2.24, 2.45) is 4.99 Å². The fraction of sp³-hybridized carbons (Fsp3) is 0.500. The molecule has 0 saturated carbocycles. The molecular formula is C16H25F2IN4O. The van der Waals surface area contributed by atoms with E-state index in [1.165, 1.54) is 4.90 Å². The fourth-order valence-electron chi connectivity index (χ4n) is 1.95. The van der Waals surface area contributed by atoms with Gasteiger partial charge in [-0.05, 0) is 31.0 Å². The van der Waals surface area contributed by atoms with Crippen LogP contribution in [0.3, 0.4) is 0 Å². The Labute approximate surface area is 158 Å². The summed E-state index contributed by atoms with van der Waals surface area (Å²) in [6.45, 7) is 2.48. The first-order chi connectivity index (χ1) is 10.9. The molecule has 136 valence electrons. The van der Waals surface area contributed by atoms with E-state index in [0.29, 0.717) is 31.0 Å². The van der Waals surface area contributed by atoms with Gasteiger partial charge in [-0.25, -0.2) is 13.8 Å². The van der Waals surface area contributed by atoms with E-state index in [4.69, 9.17) is 0 Å². The van der Waals surface area contributed by atoms with Crippen molar-refractivity contribution in [3.8, 4) is 0 Å². The Balaban J connectivity index is 0.00000529. The number of aliphatic imine (C=N–C) groups is 1. The number of alkyl halides is 2. The second kappa shape index (κ2) is 12.0. The highest BCUT2D eigenvalue weighted by Gasteiger charge is 2.08. The zero-order chi connectivity index (χ0) is 17.2. The molecule has 2 N–H and O–H groups in total. The molecule has 0 heterocycles. The summed E-state index contributed by atoms with van der Waals surface area (Å²) < 4.78 is 24.4. The first-order valence-electron chi connectivity index (χ1n) is 7.55. The molecule has 0 bridgehead atoms. The highest BCUT2D eigenvalue weighted by molar-refractivity contribution is 14.0. The number of nitrogens with zero attached hydrogens (tertiary/aromatic N) is 2. The first kappa shape index (κ1) is 22.6. The van der Waals surface area contributed by atoms with Gasteiger partial charge >= 0.3 is 0 Å². The number of amides is 1. The second-order valence-corrected chi connectivity index (χ2v) is 5.19. The first-order valence-corrected chi connectivity index (χ1v) is 7.55. The van der Waals surface area contributed by atoms with Crippen molar-refractivity contribution in [3.63, 3.8) is 0 Å². The van der Waals surface area contributed by atoms with Crippen molar-refractivity contribution >= 4 is 35.8 Å². The van der Waals surface area contributed by atoms with Crippen LogP contribution in [-0.4, -0.2) is 56.9 Å². The summed E-state index contributed by atoms with van der Waals surface area (Å²) in [6.07, 6.45) is -1.80. The van der Waals surface area contributed by atoms with Crippen LogP contribution in [-0.2, 0) is 6.42 Å². The number of rotatable bonds is 7. The van der Waals surface area contributed by atoms with Gasteiger partial charge < -0.3 is 15.5 Å². The van der Waals surface area contributed by atoms with Crippen molar-refractivity contribution in [2.75, 3.05) is 33.7 Å². The van der Waals surface area contributed by atoms with Crippen molar-refractivity contribution in [2.45, 2.75) is 19.8 Å². The van der Waals surface area contributed by atoms with Crippen LogP contribution in [0.4, 0.5) is 8.78 Å². The summed E-state index contributed by atoms with van der Waals surface area (Å²) in [7, 11) is 3.41. The van der Waals surface area contributed by atoms with Gasteiger partial charge in [0.25, 0.3) is 12.3 Å². The highest BCUT2D eigenvalue weighted by atomic mass is 127. The van der Waals surface area contributed by atoms with E-state index in [0.717, 1.165) is 5.56 Å². The van der Waals surface area contributed by atoms with Gasteiger partial charge in [-0.2, -0.15) is 0 Å². The molecule has 0 unspecified atom stereocenters. The van der Waals surface area contributed by atoms with Crippen LogP contribution in [0.25, 0.3) is 0 Å². The molecule has 5 nitrogen and oxygen atoms in total. The Hall–Kier alpha value is -1.45. The molecule has 0 spiro atoms. The van der Waals surface area contributed by atoms with Gasteiger partial charge in [0.2, 0.25) is 0 Å². The topological polar surface area (TPSA) is 56.7 Å². The summed E-state index contributed by atoms with van der Waals surface area (Å²) in [6, 6.07) is 7.38. The predicted molar refractivity (Wildman–Crippen MR) is 104 cm³/mol. The normalized spacial score (nSPS) is 11.0. The third-order valence-electron chi connectivity index (χ3n) is 3.02. The van der Waals surface area contributed by atoms with Crippen LogP contribution in [0.5, 0.6) is 0 Å². The Morgan fingerprint density at radius 2 is 2.00 bits per heavy atom. The SMILES string of the molecule is CCNC(=NCC(F)F)NCCc1cccc(C(=O)N(C)C)c1.I. The van der Waals surface area contributed by atoms with Gasteiger partial charge in [0.15, 0.2) is 5.96 Å². The highest BCUT2D eigenvalue weighted by Crippen LogP contribution is 2.07. The molecule has 0 saturated heterocycles. The van der Waals surface area contributed by atoms with E-state index < -0.39 is 13.0 Å². The molecule has 1 amide bonds. The van der Waals surface area contributed by atoms with Crippen molar-refractivity contribution < 1.29 is 13.6 Å². The van der Waals surface area contributed by atoms with Gasteiger partial charge in [-0.15, -0.1) is 24.0 Å². The van der Waals surface area contributed by atoms with E-state index in [-0.39, 0.29) is 29.9 Å². The molecule has 1 rings (SSSR count). The van der Waals surface area contributed by atoms with E-state index >= 15 is 0 Å². The third-order valence-corrected chi connectivity index (χ3v) is 3.02. The number of hydrogen-bond donors (Lipinski definition) is 2. The number of guanidine groups is 1. The largest absolute Gasteiger partial charge is 0.357 e. The van der Waals surface area contributed by atoms with E-state index in [1.54, 1.807) is 20.2 Å². The number of benzene rings is 1. The zero-order valence-corrected chi connectivity index (χ0v) is 16.5. The van der Waals surface area contributed by atoms with E-state index in [1.807, 2.05) is 25.1 Å². The minimum Gasteiger partial charge on any atom is -0.357 e.